The third kappa shape index (κ3) is 1.29. The van der Waals surface area contributed by atoms with E-state index in [0.717, 1.165) is 16.9 Å². The first-order chi connectivity index (χ1) is 8.90. The molecule has 0 atom stereocenters. The number of hydrogen-bond acceptors (Lipinski definition) is 4. The molecule has 0 aliphatic carbocycles. The number of nitrogens with zero attached hydrogens (tertiary/aromatic N) is 6. The van der Waals surface area contributed by atoms with Gasteiger partial charge in [-0.3, -0.25) is 4.40 Å². The van der Waals surface area contributed by atoms with Crippen LogP contribution in [0.15, 0.2) is 49.3 Å². The molecule has 0 aliphatic heterocycles. The Morgan fingerprint density at radius 3 is 2.94 bits per heavy atom. The van der Waals surface area contributed by atoms with Gasteiger partial charge in [-0.15, -0.1) is 0 Å². The Hall–Kier alpha value is -2.76. The van der Waals surface area contributed by atoms with Crippen molar-refractivity contribution in [3.05, 3.63) is 49.3 Å². The molecule has 0 unspecified atom stereocenters. The lowest BCUT2D eigenvalue weighted by atomic mass is 10.2. The highest BCUT2D eigenvalue weighted by Crippen LogP contribution is 2.17. The minimum atomic E-state index is 0.677. The quantitative estimate of drug-likeness (QED) is 0.501. The molecule has 0 saturated carbocycles. The fourth-order valence-electron chi connectivity index (χ4n) is 1.92. The Morgan fingerprint density at radius 2 is 1.94 bits per heavy atom. The average molecular weight is 236 g/mol. The zero-order valence-electron chi connectivity index (χ0n) is 9.30. The van der Waals surface area contributed by atoms with Crippen LogP contribution in [0, 0.1) is 0 Å². The molecule has 0 saturated heterocycles. The molecule has 0 bridgehead atoms. The highest BCUT2D eigenvalue weighted by molar-refractivity contribution is 5.63. The number of imidazole rings is 2. The van der Waals surface area contributed by atoms with Crippen molar-refractivity contribution in [2.24, 2.45) is 0 Å². The molecular formula is C12H8N6. The Bertz CT molecular complexity index is 772. The Balaban J connectivity index is 1.93. The van der Waals surface area contributed by atoms with Crippen molar-refractivity contribution < 1.29 is 0 Å². The molecule has 18 heavy (non-hydrogen) atoms. The van der Waals surface area contributed by atoms with Crippen molar-refractivity contribution in [3.8, 4) is 11.3 Å². The summed E-state index contributed by atoms with van der Waals surface area (Å²) in [7, 11) is 0. The van der Waals surface area contributed by atoms with Gasteiger partial charge in [0.15, 0.2) is 5.65 Å². The molecule has 0 aromatic carbocycles. The molecule has 0 fully saturated rings. The van der Waals surface area contributed by atoms with Crippen molar-refractivity contribution in [1.82, 2.24) is 29.0 Å². The molecule has 6 nitrogen and oxygen atoms in total. The van der Waals surface area contributed by atoms with Crippen LogP contribution in [-0.2, 0) is 0 Å². The normalized spacial score (nSPS) is 11.3. The van der Waals surface area contributed by atoms with Crippen molar-refractivity contribution in [1.29, 1.82) is 0 Å². The molecule has 4 aromatic heterocycles. The predicted octanol–water partition coefficient (Wildman–Crippen LogP) is 1.44. The summed E-state index contributed by atoms with van der Waals surface area (Å²) < 4.78 is 3.59. The van der Waals surface area contributed by atoms with Gasteiger partial charge < -0.3 is 0 Å². The Labute approximate surface area is 102 Å². The second kappa shape index (κ2) is 3.36. The Morgan fingerprint density at radius 1 is 1.00 bits per heavy atom. The van der Waals surface area contributed by atoms with Crippen LogP contribution in [0.5, 0.6) is 0 Å². The number of fused-ring (bicyclic) bond motifs is 2. The van der Waals surface area contributed by atoms with E-state index < -0.39 is 0 Å². The van der Waals surface area contributed by atoms with Crippen LogP contribution in [-0.4, -0.2) is 29.0 Å². The molecule has 0 aliphatic rings. The van der Waals surface area contributed by atoms with Gasteiger partial charge in [0.2, 0.25) is 5.78 Å². The molecule has 0 amide bonds. The first-order valence-corrected chi connectivity index (χ1v) is 5.50. The zero-order chi connectivity index (χ0) is 11.9. The summed E-state index contributed by atoms with van der Waals surface area (Å²) >= 11 is 0. The molecule has 6 heteroatoms. The highest BCUT2D eigenvalue weighted by atomic mass is 15.2. The van der Waals surface area contributed by atoms with E-state index in [-0.39, 0.29) is 0 Å². The van der Waals surface area contributed by atoms with Gasteiger partial charge in [0.1, 0.15) is 0 Å². The molecular weight excluding hydrogens is 228 g/mol. The van der Waals surface area contributed by atoms with Gasteiger partial charge >= 0.3 is 0 Å². The van der Waals surface area contributed by atoms with Crippen LogP contribution in [0.4, 0.5) is 0 Å². The van der Waals surface area contributed by atoms with Crippen molar-refractivity contribution in [2.45, 2.75) is 0 Å². The number of hydrogen-bond donors (Lipinski definition) is 0. The molecule has 0 N–H and O–H groups in total. The lowest BCUT2D eigenvalue weighted by molar-refractivity contribution is 0.936. The van der Waals surface area contributed by atoms with E-state index >= 15 is 0 Å². The fraction of sp³-hybridized carbons (Fsp3) is 0. The molecule has 4 aromatic rings. The van der Waals surface area contributed by atoms with E-state index in [0.29, 0.717) is 5.78 Å². The highest BCUT2D eigenvalue weighted by Gasteiger charge is 2.04. The van der Waals surface area contributed by atoms with Crippen LogP contribution >= 0.6 is 0 Å². The topological polar surface area (TPSA) is 60.4 Å². The van der Waals surface area contributed by atoms with Crippen molar-refractivity contribution >= 4 is 11.4 Å². The van der Waals surface area contributed by atoms with Crippen molar-refractivity contribution in [2.75, 3.05) is 0 Å². The van der Waals surface area contributed by atoms with E-state index in [1.807, 2.05) is 35.1 Å². The SMILES string of the molecule is c1cn2ccc(-c3cnn4ccnc4c3)nc2n1. The maximum Gasteiger partial charge on any atom is 0.234 e. The molecule has 86 valence electrons. The van der Waals surface area contributed by atoms with Crippen LogP contribution in [0.25, 0.3) is 22.7 Å². The minimum absolute atomic E-state index is 0.677. The lowest BCUT2D eigenvalue weighted by Gasteiger charge is -2.01. The second-order valence-electron chi connectivity index (χ2n) is 3.92. The fourth-order valence-corrected chi connectivity index (χ4v) is 1.92. The third-order valence-electron chi connectivity index (χ3n) is 2.81. The summed E-state index contributed by atoms with van der Waals surface area (Å²) in [5.41, 5.74) is 2.57. The summed E-state index contributed by atoms with van der Waals surface area (Å²) in [5, 5.41) is 4.27. The van der Waals surface area contributed by atoms with E-state index in [4.69, 9.17) is 0 Å². The zero-order valence-corrected chi connectivity index (χ0v) is 9.30. The van der Waals surface area contributed by atoms with E-state index in [1.54, 1.807) is 23.1 Å². The predicted molar refractivity (Wildman–Crippen MR) is 65.0 cm³/mol. The average Bonchev–Trinajstić information content (AvgIpc) is 3.05. The molecule has 0 spiro atoms. The Kier molecular flexibility index (Phi) is 1.74. The van der Waals surface area contributed by atoms with Gasteiger partial charge in [0, 0.05) is 36.5 Å². The molecule has 0 radical (unpaired) electrons. The standard InChI is InChI=1S/C12H8N6/c1-4-17-5-2-14-12(17)16-10(1)9-7-11-13-3-6-18(11)15-8-9/h1-8H. The van der Waals surface area contributed by atoms with Gasteiger partial charge in [0.05, 0.1) is 11.9 Å². The van der Waals surface area contributed by atoms with Gasteiger partial charge in [-0.2, -0.15) is 5.10 Å². The van der Waals surface area contributed by atoms with Gasteiger partial charge in [-0.05, 0) is 12.1 Å². The largest absolute Gasteiger partial charge is 0.291 e. The summed E-state index contributed by atoms with van der Waals surface area (Å²) in [6.07, 6.45) is 10.8. The smallest absolute Gasteiger partial charge is 0.234 e. The number of rotatable bonds is 1. The molecule has 4 rings (SSSR count). The maximum atomic E-state index is 4.47. The van der Waals surface area contributed by atoms with Crippen LogP contribution in [0.3, 0.4) is 0 Å². The van der Waals surface area contributed by atoms with E-state index in [9.17, 15) is 0 Å². The summed E-state index contributed by atoms with van der Waals surface area (Å²) in [6, 6.07) is 3.89. The minimum Gasteiger partial charge on any atom is -0.291 e. The lowest BCUT2D eigenvalue weighted by Crippen LogP contribution is -1.94. The summed E-state index contributed by atoms with van der Waals surface area (Å²) in [5.74, 6) is 0.677. The van der Waals surface area contributed by atoms with Gasteiger partial charge in [0.25, 0.3) is 0 Å². The first-order valence-electron chi connectivity index (χ1n) is 5.50. The third-order valence-corrected chi connectivity index (χ3v) is 2.81. The summed E-state index contributed by atoms with van der Waals surface area (Å²) in [4.78, 5) is 12.8. The first kappa shape index (κ1) is 9.29. The van der Waals surface area contributed by atoms with E-state index in [2.05, 4.69) is 20.1 Å². The van der Waals surface area contributed by atoms with Crippen LogP contribution < -0.4 is 0 Å². The van der Waals surface area contributed by atoms with Crippen LogP contribution in [0.1, 0.15) is 0 Å². The maximum absolute atomic E-state index is 4.47. The van der Waals surface area contributed by atoms with Gasteiger partial charge in [-0.1, -0.05) is 0 Å². The van der Waals surface area contributed by atoms with Crippen LogP contribution in [0.2, 0.25) is 0 Å². The second-order valence-corrected chi connectivity index (χ2v) is 3.92. The molecule has 4 heterocycles. The monoisotopic (exact) mass is 236 g/mol. The van der Waals surface area contributed by atoms with E-state index in [1.165, 1.54) is 0 Å². The van der Waals surface area contributed by atoms with Gasteiger partial charge in [-0.25, -0.2) is 19.5 Å². The van der Waals surface area contributed by atoms with Crippen molar-refractivity contribution in [3.63, 3.8) is 0 Å². The number of aromatic nitrogens is 6. The summed E-state index contributed by atoms with van der Waals surface area (Å²) in [6.45, 7) is 0.